The molecule has 3 rings (SSSR count). The Balaban J connectivity index is 1.63. The summed E-state index contributed by atoms with van der Waals surface area (Å²) in [5.74, 6) is 0. The molecule has 1 fully saturated rings. The van der Waals surface area contributed by atoms with E-state index < -0.39 is 5.60 Å². The second-order valence-corrected chi connectivity index (χ2v) is 6.85. The van der Waals surface area contributed by atoms with Gasteiger partial charge in [-0.25, -0.2) is 4.79 Å². The van der Waals surface area contributed by atoms with Gasteiger partial charge in [0.1, 0.15) is 0 Å². The highest BCUT2D eigenvalue weighted by atomic mass is 16.3. The summed E-state index contributed by atoms with van der Waals surface area (Å²) in [6.45, 7) is 4.83. The van der Waals surface area contributed by atoms with Gasteiger partial charge in [0.25, 0.3) is 0 Å². The van der Waals surface area contributed by atoms with Crippen LogP contribution in [0.1, 0.15) is 32.3 Å². The molecule has 2 amide bonds. The summed E-state index contributed by atoms with van der Waals surface area (Å²) in [5, 5.41) is 17.4. The van der Waals surface area contributed by atoms with Crippen molar-refractivity contribution in [1.29, 1.82) is 0 Å². The fourth-order valence-corrected chi connectivity index (χ4v) is 3.22. The predicted octanol–water partition coefficient (Wildman–Crippen LogP) is 2.70. The Labute approximate surface area is 142 Å². The number of urea groups is 1. The van der Waals surface area contributed by atoms with Crippen molar-refractivity contribution in [3.63, 3.8) is 0 Å². The van der Waals surface area contributed by atoms with Crippen LogP contribution in [0.3, 0.4) is 0 Å². The monoisotopic (exact) mass is 328 g/mol. The van der Waals surface area contributed by atoms with Crippen LogP contribution in [0.25, 0.3) is 0 Å². The maximum atomic E-state index is 12.5. The van der Waals surface area contributed by atoms with E-state index in [-0.39, 0.29) is 12.1 Å². The van der Waals surface area contributed by atoms with Gasteiger partial charge in [-0.2, -0.15) is 5.10 Å². The lowest BCUT2D eigenvalue weighted by Crippen LogP contribution is -2.49. The molecule has 6 nitrogen and oxygen atoms in total. The van der Waals surface area contributed by atoms with Crippen molar-refractivity contribution in [1.82, 2.24) is 14.7 Å². The minimum Gasteiger partial charge on any atom is -0.388 e. The summed E-state index contributed by atoms with van der Waals surface area (Å²) in [5.41, 5.74) is 0.920. The maximum absolute atomic E-state index is 12.5. The Morgan fingerprint density at radius 2 is 2.12 bits per heavy atom. The third kappa shape index (κ3) is 3.76. The van der Waals surface area contributed by atoms with E-state index in [1.165, 1.54) is 0 Å². The lowest BCUT2D eigenvalue weighted by molar-refractivity contribution is 0.0117. The van der Waals surface area contributed by atoms with Gasteiger partial charge in [-0.1, -0.05) is 30.3 Å². The van der Waals surface area contributed by atoms with E-state index in [2.05, 4.69) is 10.4 Å². The molecule has 0 saturated carbocycles. The first kappa shape index (κ1) is 16.5. The number of nitrogens with one attached hydrogen (secondary N) is 1. The predicted molar refractivity (Wildman–Crippen MR) is 92.8 cm³/mol. The number of anilines is 1. The van der Waals surface area contributed by atoms with Gasteiger partial charge in [0.15, 0.2) is 0 Å². The van der Waals surface area contributed by atoms with Crippen LogP contribution in [-0.4, -0.2) is 44.0 Å². The molecular formula is C18H24N4O2. The minimum atomic E-state index is -0.897. The van der Waals surface area contributed by atoms with Gasteiger partial charge in [-0.05, 0) is 32.3 Å². The normalized spacial score (nSPS) is 18.0. The number of hydrogen-bond acceptors (Lipinski definition) is 3. The summed E-state index contributed by atoms with van der Waals surface area (Å²) in [4.78, 5) is 14.2. The van der Waals surface area contributed by atoms with Gasteiger partial charge in [0.05, 0.1) is 30.1 Å². The fourth-order valence-electron chi connectivity index (χ4n) is 3.22. The number of rotatable bonds is 4. The van der Waals surface area contributed by atoms with Crippen molar-refractivity contribution in [2.24, 2.45) is 0 Å². The summed E-state index contributed by atoms with van der Waals surface area (Å²) >= 11 is 0. The molecule has 0 radical (unpaired) electrons. The highest BCUT2D eigenvalue weighted by molar-refractivity contribution is 5.89. The zero-order valence-corrected chi connectivity index (χ0v) is 14.1. The van der Waals surface area contributed by atoms with Gasteiger partial charge in [-0.15, -0.1) is 0 Å². The second kappa shape index (κ2) is 6.65. The molecule has 1 unspecified atom stereocenters. The number of amides is 2. The topological polar surface area (TPSA) is 70.4 Å². The number of carbonyl (C=O) groups is 1. The highest BCUT2D eigenvalue weighted by Gasteiger charge is 2.38. The van der Waals surface area contributed by atoms with Crippen LogP contribution in [0.4, 0.5) is 10.5 Å². The van der Waals surface area contributed by atoms with Crippen molar-refractivity contribution < 1.29 is 9.90 Å². The first-order valence-electron chi connectivity index (χ1n) is 8.30. The molecule has 2 aromatic rings. The van der Waals surface area contributed by atoms with Gasteiger partial charge in [-0.3, -0.25) is 4.68 Å². The molecule has 2 heterocycles. The Bertz CT molecular complexity index is 691. The summed E-state index contributed by atoms with van der Waals surface area (Å²) < 4.78 is 1.79. The van der Waals surface area contributed by atoms with Crippen molar-refractivity contribution in [3.8, 4) is 0 Å². The molecule has 1 aliphatic rings. The zero-order chi connectivity index (χ0) is 17.2. The van der Waals surface area contributed by atoms with Crippen LogP contribution in [-0.2, 0) is 6.54 Å². The molecule has 0 aliphatic carbocycles. The number of benzene rings is 1. The Morgan fingerprint density at radius 3 is 2.83 bits per heavy atom. The van der Waals surface area contributed by atoms with E-state index in [4.69, 9.17) is 0 Å². The summed E-state index contributed by atoms with van der Waals surface area (Å²) in [7, 11) is 0. The molecule has 2 N–H and O–H groups in total. The van der Waals surface area contributed by atoms with E-state index in [9.17, 15) is 9.90 Å². The molecule has 1 aliphatic heterocycles. The van der Waals surface area contributed by atoms with Crippen molar-refractivity contribution in [2.75, 3.05) is 11.9 Å². The van der Waals surface area contributed by atoms with E-state index in [1.807, 2.05) is 36.5 Å². The second-order valence-electron chi connectivity index (χ2n) is 6.85. The molecule has 1 aromatic heterocycles. The van der Waals surface area contributed by atoms with Gasteiger partial charge < -0.3 is 15.3 Å². The third-order valence-electron chi connectivity index (χ3n) is 4.40. The molecule has 24 heavy (non-hydrogen) atoms. The lowest BCUT2D eigenvalue weighted by atomic mass is 9.97. The first-order chi connectivity index (χ1) is 11.4. The van der Waals surface area contributed by atoms with Crippen LogP contribution in [0.15, 0.2) is 42.7 Å². The standard InChI is InChI=1S/C18H24N4O2/c1-18(2,24)16-9-6-10-22(16)17(23)20-15-11-19-21(13-15)12-14-7-4-3-5-8-14/h3-5,7-8,11,13,16,24H,6,9-10,12H2,1-2H3,(H,20,23). The van der Waals surface area contributed by atoms with Crippen molar-refractivity contribution in [3.05, 3.63) is 48.3 Å². The van der Waals surface area contributed by atoms with E-state index >= 15 is 0 Å². The summed E-state index contributed by atoms with van der Waals surface area (Å²) in [6, 6.07) is 9.71. The van der Waals surface area contributed by atoms with Crippen LogP contribution >= 0.6 is 0 Å². The van der Waals surface area contributed by atoms with Crippen LogP contribution in [0, 0.1) is 0 Å². The largest absolute Gasteiger partial charge is 0.388 e. The lowest BCUT2D eigenvalue weighted by Gasteiger charge is -2.33. The average Bonchev–Trinajstić information content (AvgIpc) is 3.17. The van der Waals surface area contributed by atoms with Crippen LogP contribution < -0.4 is 5.32 Å². The molecular weight excluding hydrogens is 304 g/mol. The number of aliphatic hydroxyl groups is 1. The van der Waals surface area contributed by atoms with Crippen molar-refractivity contribution >= 4 is 11.7 Å². The quantitative estimate of drug-likeness (QED) is 0.906. The van der Waals surface area contributed by atoms with Crippen LogP contribution in [0.5, 0.6) is 0 Å². The zero-order valence-electron chi connectivity index (χ0n) is 14.1. The Morgan fingerprint density at radius 1 is 1.38 bits per heavy atom. The van der Waals surface area contributed by atoms with Gasteiger partial charge in [0, 0.05) is 12.7 Å². The highest BCUT2D eigenvalue weighted by Crippen LogP contribution is 2.27. The van der Waals surface area contributed by atoms with Gasteiger partial charge >= 0.3 is 6.03 Å². The Kier molecular flexibility index (Phi) is 4.57. The smallest absolute Gasteiger partial charge is 0.322 e. The van der Waals surface area contributed by atoms with Crippen LogP contribution in [0.2, 0.25) is 0 Å². The number of hydrogen-bond donors (Lipinski definition) is 2. The SMILES string of the molecule is CC(C)(O)C1CCCN1C(=O)Nc1cnn(Cc2ccccc2)c1. The number of aromatic nitrogens is 2. The Hall–Kier alpha value is -2.34. The molecule has 128 valence electrons. The van der Waals surface area contributed by atoms with Gasteiger partial charge in [0.2, 0.25) is 0 Å². The van der Waals surface area contributed by atoms with Crippen molar-refractivity contribution in [2.45, 2.75) is 44.9 Å². The number of nitrogens with zero attached hydrogens (tertiary/aromatic N) is 3. The first-order valence-corrected chi connectivity index (χ1v) is 8.30. The fraction of sp³-hybridized carbons (Fsp3) is 0.444. The average molecular weight is 328 g/mol. The number of carbonyl (C=O) groups excluding carboxylic acids is 1. The molecule has 1 saturated heterocycles. The molecule has 0 spiro atoms. The molecule has 6 heteroatoms. The molecule has 1 atom stereocenters. The number of likely N-dealkylation sites (tertiary alicyclic amines) is 1. The third-order valence-corrected chi connectivity index (χ3v) is 4.40. The van der Waals surface area contributed by atoms with E-state index in [0.29, 0.717) is 18.8 Å². The summed E-state index contributed by atoms with van der Waals surface area (Å²) in [6.07, 6.45) is 5.20. The minimum absolute atomic E-state index is 0.156. The molecule has 1 aromatic carbocycles. The van der Waals surface area contributed by atoms with E-state index in [0.717, 1.165) is 18.4 Å². The van der Waals surface area contributed by atoms with E-state index in [1.54, 1.807) is 29.6 Å². The molecule has 0 bridgehead atoms. The maximum Gasteiger partial charge on any atom is 0.322 e.